The predicted molar refractivity (Wildman–Crippen MR) is 109 cm³/mol. The monoisotopic (exact) mass is 358 g/mol. The molecule has 1 aliphatic rings. The second kappa shape index (κ2) is 7.30. The van der Waals surface area contributed by atoms with E-state index in [1.54, 1.807) is 0 Å². The van der Waals surface area contributed by atoms with Crippen LogP contribution >= 0.6 is 0 Å². The van der Waals surface area contributed by atoms with Crippen molar-refractivity contribution in [2.24, 2.45) is 11.8 Å². The molecule has 1 saturated heterocycles. The average Bonchev–Trinajstić information content (AvgIpc) is 2.74. The van der Waals surface area contributed by atoms with Crippen LogP contribution in [0.1, 0.15) is 42.6 Å². The average molecular weight is 359 g/mol. The number of nitrogens with two attached hydrogens (primary N) is 1. The van der Waals surface area contributed by atoms with Crippen molar-refractivity contribution in [3.8, 4) is 0 Å². The first-order valence-corrected chi connectivity index (χ1v) is 9.85. The second-order valence-electron chi connectivity index (χ2n) is 7.83. The minimum Gasteiger partial charge on any atom is -0.384 e. The van der Waals surface area contributed by atoms with Gasteiger partial charge in [-0.3, -0.25) is 0 Å². The summed E-state index contributed by atoms with van der Waals surface area (Å²) >= 11 is 0. The molecule has 3 N–H and O–H groups in total. The molecule has 27 heavy (non-hydrogen) atoms. The van der Waals surface area contributed by atoms with Crippen LogP contribution in [-0.4, -0.2) is 5.11 Å². The fraction of sp³-hybridized carbons (Fsp3) is 0.280. The van der Waals surface area contributed by atoms with Gasteiger partial charge in [-0.15, -0.1) is 0 Å². The zero-order valence-corrected chi connectivity index (χ0v) is 16.0. The lowest BCUT2D eigenvalue weighted by molar-refractivity contribution is -0.765. The lowest BCUT2D eigenvalue weighted by Crippen LogP contribution is -2.93. The molecular formula is C25H28NO+. The van der Waals surface area contributed by atoms with Gasteiger partial charge in [-0.2, -0.15) is 0 Å². The highest BCUT2D eigenvalue weighted by atomic mass is 16.3. The number of piperidine rings is 1. The molecule has 1 fully saturated rings. The highest BCUT2D eigenvalue weighted by Crippen LogP contribution is 2.48. The van der Waals surface area contributed by atoms with Crippen LogP contribution in [0.3, 0.4) is 0 Å². The first-order valence-electron chi connectivity index (χ1n) is 9.85. The number of aliphatic hydroxyl groups is 1. The van der Waals surface area contributed by atoms with Crippen LogP contribution < -0.4 is 5.32 Å². The van der Waals surface area contributed by atoms with Crippen molar-refractivity contribution in [3.05, 3.63) is 108 Å². The van der Waals surface area contributed by atoms with Gasteiger partial charge in [0.25, 0.3) is 0 Å². The lowest BCUT2D eigenvalue weighted by atomic mass is 9.63. The molecule has 2 heteroatoms. The fourth-order valence-corrected chi connectivity index (χ4v) is 4.90. The van der Waals surface area contributed by atoms with Crippen LogP contribution in [0.4, 0.5) is 0 Å². The summed E-state index contributed by atoms with van der Waals surface area (Å²) in [5, 5.41) is 14.6. The fourth-order valence-electron chi connectivity index (χ4n) is 4.90. The second-order valence-corrected chi connectivity index (χ2v) is 7.83. The molecule has 138 valence electrons. The molecule has 1 heterocycles. The lowest BCUT2D eigenvalue weighted by Gasteiger charge is -2.49. The van der Waals surface area contributed by atoms with Crippen molar-refractivity contribution < 1.29 is 10.4 Å². The van der Waals surface area contributed by atoms with Crippen LogP contribution in [0.15, 0.2) is 91.0 Å². The molecule has 0 aliphatic carbocycles. The first-order chi connectivity index (χ1) is 13.1. The normalized spacial score (nSPS) is 30.8. The summed E-state index contributed by atoms with van der Waals surface area (Å²) in [6, 6.07) is 31.8. The van der Waals surface area contributed by atoms with Crippen LogP contribution in [0.2, 0.25) is 0 Å². The largest absolute Gasteiger partial charge is 0.384 e. The van der Waals surface area contributed by atoms with Crippen LogP contribution in [0.5, 0.6) is 0 Å². The molecule has 0 amide bonds. The first kappa shape index (κ1) is 18.0. The maximum Gasteiger partial charge on any atom is 0.118 e. The van der Waals surface area contributed by atoms with E-state index in [9.17, 15) is 5.11 Å². The van der Waals surface area contributed by atoms with Crippen LogP contribution in [-0.2, 0) is 5.60 Å². The summed E-state index contributed by atoms with van der Waals surface area (Å²) in [7, 11) is 0. The number of hydrogen-bond donors (Lipinski definition) is 2. The van der Waals surface area contributed by atoms with E-state index in [0.717, 1.165) is 5.56 Å². The zero-order chi connectivity index (χ0) is 18.9. The minimum atomic E-state index is -0.892. The maximum absolute atomic E-state index is 12.1. The van der Waals surface area contributed by atoms with Gasteiger partial charge < -0.3 is 10.4 Å². The van der Waals surface area contributed by atoms with E-state index < -0.39 is 5.60 Å². The quantitative estimate of drug-likeness (QED) is 0.723. The highest BCUT2D eigenvalue weighted by molar-refractivity contribution is 5.30. The van der Waals surface area contributed by atoms with Crippen molar-refractivity contribution in [3.63, 3.8) is 0 Å². The molecule has 4 rings (SSSR count). The standard InChI is InChI=1S/C25H27NO/c1-18-23(20-12-6-3-7-13-20)26-24(21-14-8-4-9-15-21)19(2)25(18,27)22-16-10-5-11-17-22/h3-19,23-24,26-27H,1-2H3/p+1/t18-,19-,23-,24-/m0/s1. The third-order valence-corrected chi connectivity index (χ3v) is 6.49. The summed E-state index contributed by atoms with van der Waals surface area (Å²) < 4.78 is 0. The Morgan fingerprint density at radius 3 is 1.41 bits per heavy atom. The summed E-state index contributed by atoms with van der Waals surface area (Å²) in [6.45, 7) is 4.39. The van der Waals surface area contributed by atoms with E-state index in [1.165, 1.54) is 11.1 Å². The van der Waals surface area contributed by atoms with Gasteiger partial charge >= 0.3 is 0 Å². The Kier molecular flexibility index (Phi) is 4.86. The van der Waals surface area contributed by atoms with E-state index in [4.69, 9.17) is 0 Å². The molecule has 0 bridgehead atoms. The Labute approximate surface area is 161 Å². The highest BCUT2D eigenvalue weighted by Gasteiger charge is 2.54. The van der Waals surface area contributed by atoms with Gasteiger partial charge in [0.05, 0.1) is 0 Å². The Morgan fingerprint density at radius 1 is 0.630 bits per heavy atom. The zero-order valence-electron chi connectivity index (χ0n) is 16.0. The van der Waals surface area contributed by atoms with Gasteiger partial charge in [0, 0.05) is 23.0 Å². The molecular weight excluding hydrogens is 330 g/mol. The molecule has 0 unspecified atom stereocenters. The van der Waals surface area contributed by atoms with E-state index >= 15 is 0 Å². The van der Waals surface area contributed by atoms with Gasteiger partial charge in [-0.25, -0.2) is 0 Å². The smallest absolute Gasteiger partial charge is 0.118 e. The van der Waals surface area contributed by atoms with Crippen molar-refractivity contribution in [1.29, 1.82) is 0 Å². The van der Waals surface area contributed by atoms with Gasteiger partial charge in [0.1, 0.15) is 17.7 Å². The van der Waals surface area contributed by atoms with Crippen molar-refractivity contribution in [2.45, 2.75) is 31.5 Å². The molecule has 1 aliphatic heterocycles. The van der Waals surface area contributed by atoms with Gasteiger partial charge in [0.2, 0.25) is 0 Å². The van der Waals surface area contributed by atoms with E-state index in [1.807, 2.05) is 18.2 Å². The van der Waals surface area contributed by atoms with E-state index in [-0.39, 0.29) is 23.9 Å². The van der Waals surface area contributed by atoms with Crippen LogP contribution in [0.25, 0.3) is 0 Å². The van der Waals surface area contributed by atoms with E-state index in [0.29, 0.717) is 0 Å². The Bertz CT molecular complexity index is 811. The van der Waals surface area contributed by atoms with Crippen LogP contribution in [0, 0.1) is 11.8 Å². The van der Waals surface area contributed by atoms with Gasteiger partial charge in [-0.1, -0.05) is 105 Å². The Hall–Kier alpha value is -2.42. The summed E-state index contributed by atoms with van der Waals surface area (Å²) in [4.78, 5) is 0. The summed E-state index contributed by atoms with van der Waals surface area (Å²) in [6.07, 6.45) is 0. The molecule has 3 aromatic rings. The number of rotatable bonds is 3. The Balaban J connectivity index is 1.84. The summed E-state index contributed by atoms with van der Waals surface area (Å²) in [5.41, 5.74) is 2.66. The molecule has 2 nitrogen and oxygen atoms in total. The maximum atomic E-state index is 12.1. The molecule has 0 aromatic heterocycles. The molecule has 0 radical (unpaired) electrons. The predicted octanol–water partition coefficient (Wildman–Crippen LogP) is 4.21. The number of quaternary nitrogens is 1. The van der Waals surface area contributed by atoms with Crippen molar-refractivity contribution in [2.75, 3.05) is 0 Å². The summed E-state index contributed by atoms with van der Waals surface area (Å²) in [5.74, 6) is 0.162. The van der Waals surface area contributed by atoms with Crippen molar-refractivity contribution in [1.82, 2.24) is 0 Å². The number of benzene rings is 3. The van der Waals surface area contributed by atoms with E-state index in [2.05, 4.69) is 92.0 Å². The molecule has 3 aromatic carbocycles. The number of hydrogen-bond acceptors (Lipinski definition) is 1. The molecule has 0 spiro atoms. The molecule has 0 saturated carbocycles. The topological polar surface area (TPSA) is 36.8 Å². The van der Waals surface area contributed by atoms with Gasteiger partial charge in [0.15, 0.2) is 0 Å². The minimum absolute atomic E-state index is 0.0808. The van der Waals surface area contributed by atoms with Crippen molar-refractivity contribution >= 4 is 0 Å². The third kappa shape index (κ3) is 3.09. The van der Waals surface area contributed by atoms with Gasteiger partial charge in [-0.05, 0) is 5.56 Å². The Morgan fingerprint density at radius 2 is 1.00 bits per heavy atom. The molecule has 4 atom stereocenters. The SMILES string of the molecule is C[C@H]1[C@@H](c2ccccc2)[NH2+][C@H](c2ccccc2)[C@H](C)C1(O)c1ccccc1. The third-order valence-electron chi connectivity index (χ3n) is 6.49.